The lowest BCUT2D eigenvalue weighted by molar-refractivity contribution is -0.169. The van der Waals surface area contributed by atoms with E-state index in [9.17, 15) is 9.59 Å². The quantitative estimate of drug-likeness (QED) is 0.228. The summed E-state index contributed by atoms with van der Waals surface area (Å²) < 4.78 is 17.3. The predicted molar refractivity (Wildman–Crippen MR) is 135 cm³/mol. The summed E-state index contributed by atoms with van der Waals surface area (Å²) >= 11 is 0. The number of rotatable bonds is 14. The van der Waals surface area contributed by atoms with Crippen LogP contribution < -0.4 is 0 Å². The Hall–Kier alpha value is -2.14. The maximum atomic E-state index is 12.8. The van der Waals surface area contributed by atoms with E-state index < -0.39 is 5.60 Å². The third-order valence-corrected chi connectivity index (χ3v) is 5.94. The molecule has 0 bridgehead atoms. The minimum atomic E-state index is -0.976. The average Bonchev–Trinajstić information content (AvgIpc) is 3.06. The van der Waals surface area contributed by atoms with Gasteiger partial charge in [-0.15, -0.1) is 0 Å². The molecular weight excluding hydrogens is 428 g/mol. The fraction of sp³-hybridized carbons (Fsp3) is 0.655. The van der Waals surface area contributed by atoms with E-state index in [1.807, 2.05) is 50.3 Å². The van der Waals surface area contributed by atoms with E-state index in [2.05, 4.69) is 27.7 Å². The van der Waals surface area contributed by atoms with Gasteiger partial charge in [0.1, 0.15) is 6.61 Å². The van der Waals surface area contributed by atoms with Crippen molar-refractivity contribution in [2.45, 2.75) is 85.9 Å². The average molecular weight is 473 g/mol. The Labute approximate surface area is 206 Å². The molecule has 0 aliphatic carbocycles. The molecule has 190 valence electrons. The van der Waals surface area contributed by atoms with Crippen molar-refractivity contribution in [3.63, 3.8) is 0 Å². The molecule has 0 spiro atoms. The van der Waals surface area contributed by atoms with E-state index in [1.165, 1.54) is 0 Å². The Bertz CT molecular complexity index is 786. The lowest BCUT2D eigenvalue weighted by Crippen LogP contribution is -2.40. The molecule has 2 rings (SSSR count). The molecule has 0 N–H and O–H groups in total. The number of benzene rings is 1. The summed E-state index contributed by atoms with van der Waals surface area (Å²) in [4.78, 5) is 25.0. The molecule has 1 atom stereocenters. The molecule has 0 aromatic heterocycles. The second kappa shape index (κ2) is 13.7. The number of hydrogen-bond donors (Lipinski definition) is 0. The van der Waals surface area contributed by atoms with Gasteiger partial charge in [-0.3, -0.25) is 4.79 Å². The lowest BCUT2D eigenvalue weighted by atomic mass is 9.86. The topological polar surface area (TPSA) is 61.8 Å². The van der Waals surface area contributed by atoms with Gasteiger partial charge in [0, 0.05) is 18.4 Å². The second-order valence-electron chi connectivity index (χ2n) is 11.1. The van der Waals surface area contributed by atoms with Crippen molar-refractivity contribution >= 4 is 11.9 Å². The summed E-state index contributed by atoms with van der Waals surface area (Å²) in [6, 6.07) is 9.86. The first-order valence-electron chi connectivity index (χ1n) is 12.8. The molecule has 1 heterocycles. The zero-order valence-electron chi connectivity index (χ0n) is 22.0. The van der Waals surface area contributed by atoms with E-state index in [4.69, 9.17) is 14.2 Å². The maximum Gasteiger partial charge on any atom is 0.334 e. The molecule has 1 aromatic rings. The number of hydrogen-bond acceptors (Lipinski definition) is 5. The maximum absolute atomic E-state index is 12.8. The van der Waals surface area contributed by atoms with Gasteiger partial charge in [-0.25, -0.2) is 4.79 Å². The molecule has 1 fully saturated rings. The van der Waals surface area contributed by atoms with Gasteiger partial charge in [-0.05, 0) is 48.5 Å². The van der Waals surface area contributed by atoms with Gasteiger partial charge in [0.05, 0.1) is 13.2 Å². The van der Waals surface area contributed by atoms with Crippen molar-refractivity contribution in [2.24, 2.45) is 23.7 Å². The van der Waals surface area contributed by atoms with E-state index in [1.54, 1.807) is 0 Å². The van der Waals surface area contributed by atoms with Gasteiger partial charge in [-0.2, -0.15) is 0 Å². The Balaban J connectivity index is 2.09. The molecule has 5 heteroatoms. The molecule has 0 amide bonds. The van der Waals surface area contributed by atoms with Crippen LogP contribution in [0.15, 0.2) is 42.0 Å². The first kappa shape index (κ1) is 28.1. The third kappa shape index (κ3) is 10.0. The van der Waals surface area contributed by atoms with Crippen LogP contribution in [0.1, 0.15) is 79.2 Å². The van der Waals surface area contributed by atoms with Crippen molar-refractivity contribution in [3.8, 4) is 0 Å². The summed E-state index contributed by atoms with van der Waals surface area (Å²) in [7, 11) is 0. The molecule has 1 aromatic carbocycles. The van der Waals surface area contributed by atoms with Crippen LogP contribution in [0.5, 0.6) is 0 Å². The molecule has 5 nitrogen and oxygen atoms in total. The number of allylic oxidation sites excluding steroid dienone is 1. The van der Waals surface area contributed by atoms with Crippen molar-refractivity contribution in [2.75, 3.05) is 13.2 Å². The fourth-order valence-corrected chi connectivity index (χ4v) is 4.54. The van der Waals surface area contributed by atoms with Gasteiger partial charge in [0.25, 0.3) is 0 Å². The highest BCUT2D eigenvalue weighted by atomic mass is 16.6. The number of cyclic esters (lactones) is 1. The summed E-state index contributed by atoms with van der Waals surface area (Å²) in [6.07, 6.45) is 5.90. The lowest BCUT2D eigenvalue weighted by Gasteiger charge is -2.26. The highest BCUT2D eigenvalue weighted by Gasteiger charge is 2.45. The Kier molecular flexibility index (Phi) is 11.3. The van der Waals surface area contributed by atoms with Crippen molar-refractivity contribution in [3.05, 3.63) is 47.5 Å². The van der Waals surface area contributed by atoms with Crippen molar-refractivity contribution < 1.29 is 23.8 Å². The fourth-order valence-electron chi connectivity index (χ4n) is 4.54. The third-order valence-electron chi connectivity index (χ3n) is 5.94. The molecule has 1 aliphatic heterocycles. The minimum Gasteiger partial charge on any atom is -0.461 e. The highest BCUT2D eigenvalue weighted by molar-refractivity contribution is 5.91. The highest BCUT2D eigenvalue weighted by Crippen LogP contribution is 2.34. The number of ether oxygens (including phenoxy) is 3. The second-order valence-corrected chi connectivity index (χ2v) is 11.1. The van der Waals surface area contributed by atoms with E-state index in [-0.39, 0.29) is 31.1 Å². The smallest absolute Gasteiger partial charge is 0.334 e. The zero-order valence-corrected chi connectivity index (χ0v) is 22.0. The van der Waals surface area contributed by atoms with Gasteiger partial charge < -0.3 is 14.2 Å². The van der Waals surface area contributed by atoms with Crippen LogP contribution in [-0.2, 0) is 30.4 Å². The minimum absolute atomic E-state index is 0.0117. The van der Waals surface area contributed by atoms with Gasteiger partial charge in [0.2, 0.25) is 0 Å². The van der Waals surface area contributed by atoms with Gasteiger partial charge >= 0.3 is 11.9 Å². The normalized spacial score (nSPS) is 19.6. The van der Waals surface area contributed by atoms with E-state index in [0.29, 0.717) is 42.8 Å². The van der Waals surface area contributed by atoms with Crippen LogP contribution in [0.4, 0.5) is 0 Å². The van der Waals surface area contributed by atoms with Crippen molar-refractivity contribution in [1.82, 2.24) is 0 Å². The molecule has 34 heavy (non-hydrogen) atoms. The first-order chi connectivity index (χ1) is 16.1. The Morgan fingerprint density at radius 1 is 1.00 bits per heavy atom. The monoisotopic (exact) mass is 472 g/mol. The molecule has 1 unspecified atom stereocenters. The summed E-state index contributed by atoms with van der Waals surface area (Å²) in [6.45, 7) is 13.5. The summed E-state index contributed by atoms with van der Waals surface area (Å²) in [5, 5.41) is 0. The predicted octanol–water partition coefficient (Wildman–Crippen LogP) is 6.50. The van der Waals surface area contributed by atoms with E-state index >= 15 is 0 Å². The van der Waals surface area contributed by atoms with Crippen molar-refractivity contribution in [1.29, 1.82) is 0 Å². The van der Waals surface area contributed by atoms with Crippen LogP contribution in [0.3, 0.4) is 0 Å². The molecule has 1 aliphatic rings. The molecule has 0 saturated carbocycles. The zero-order chi connectivity index (χ0) is 25.1. The number of esters is 2. The molecular formula is C29H44O5. The Morgan fingerprint density at radius 2 is 1.65 bits per heavy atom. The number of carbonyl (C=O) groups is 2. The van der Waals surface area contributed by atoms with Gasteiger partial charge in [-0.1, -0.05) is 78.0 Å². The Morgan fingerprint density at radius 3 is 2.24 bits per heavy atom. The first-order valence-corrected chi connectivity index (χ1v) is 12.8. The van der Waals surface area contributed by atoms with Gasteiger partial charge in [0.15, 0.2) is 5.60 Å². The molecule has 0 radical (unpaired) electrons. The molecule has 1 saturated heterocycles. The van der Waals surface area contributed by atoms with Crippen LogP contribution in [0, 0.1) is 23.7 Å². The summed E-state index contributed by atoms with van der Waals surface area (Å²) in [5.74, 6) is 1.37. The van der Waals surface area contributed by atoms with E-state index in [0.717, 1.165) is 24.8 Å². The SMILES string of the molecule is CC(C)CC(=O)OCC1(COCc2ccccc2)C/C(=C/CC(CC(C)C)CC(C)C)C(=O)O1. The number of carbonyl (C=O) groups excluding carboxylic acids is 2. The largest absolute Gasteiger partial charge is 0.461 e. The van der Waals surface area contributed by atoms with Crippen LogP contribution in [-0.4, -0.2) is 30.8 Å². The van der Waals surface area contributed by atoms with Crippen LogP contribution in [0.2, 0.25) is 0 Å². The van der Waals surface area contributed by atoms with Crippen LogP contribution >= 0.6 is 0 Å². The van der Waals surface area contributed by atoms with Crippen LogP contribution in [0.25, 0.3) is 0 Å². The summed E-state index contributed by atoms with van der Waals surface area (Å²) in [5.41, 5.74) is 0.733. The standard InChI is InChI=1S/C29H44O5/c1-21(2)14-25(15-22(3)4)12-13-26-17-29(34-28(26)31,20-33-27(30)16-23(5)6)19-32-18-24-10-8-7-9-11-24/h7-11,13,21-23,25H,12,14-20H2,1-6H3/b26-13-.